The Morgan fingerprint density at radius 3 is 2.75 bits per heavy atom. The lowest BCUT2D eigenvalue weighted by Gasteiger charge is -2.12. The van der Waals surface area contributed by atoms with Gasteiger partial charge in [0.1, 0.15) is 5.75 Å². The number of benzene rings is 1. The molecule has 108 valence electrons. The van der Waals surface area contributed by atoms with Crippen LogP contribution in [0, 0.1) is 0 Å². The van der Waals surface area contributed by atoms with E-state index in [-0.39, 0.29) is 0 Å². The van der Waals surface area contributed by atoms with Gasteiger partial charge in [-0.3, -0.25) is 4.68 Å². The van der Waals surface area contributed by atoms with Gasteiger partial charge in [-0.1, -0.05) is 22.9 Å². The standard InChI is InChI=1S/C15H20BrN3O/c1-4-12-9-13(19(5-2)18-12)10-17-14-8-11(16)6-7-15(14)20-3/h6-9,17H,4-5,10H2,1-3H3. The Morgan fingerprint density at radius 2 is 2.10 bits per heavy atom. The number of nitrogens with zero attached hydrogens (tertiary/aromatic N) is 2. The molecule has 0 saturated heterocycles. The van der Waals surface area contributed by atoms with Crippen LogP contribution in [0.1, 0.15) is 25.2 Å². The number of anilines is 1. The van der Waals surface area contributed by atoms with E-state index in [1.165, 1.54) is 5.69 Å². The quantitative estimate of drug-likeness (QED) is 0.870. The molecule has 0 bridgehead atoms. The fourth-order valence-corrected chi connectivity index (χ4v) is 2.47. The molecule has 0 aliphatic heterocycles. The molecule has 0 unspecified atom stereocenters. The Labute approximate surface area is 128 Å². The maximum Gasteiger partial charge on any atom is 0.142 e. The summed E-state index contributed by atoms with van der Waals surface area (Å²) in [5.74, 6) is 0.839. The molecule has 0 amide bonds. The predicted molar refractivity (Wildman–Crippen MR) is 85.3 cm³/mol. The van der Waals surface area contributed by atoms with Gasteiger partial charge in [-0.25, -0.2) is 0 Å². The monoisotopic (exact) mass is 337 g/mol. The molecule has 5 heteroatoms. The summed E-state index contributed by atoms with van der Waals surface area (Å²) in [7, 11) is 1.68. The summed E-state index contributed by atoms with van der Waals surface area (Å²) in [6.45, 7) is 5.84. The van der Waals surface area contributed by atoms with Crippen molar-refractivity contribution in [2.24, 2.45) is 0 Å². The van der Waals surface area contributed by atoms with Gasteiger partial charge >= 0.3 is 0 Å². The van der Waals surface area contributed by atoms with Crippen molar-refractivity contribution in [3.63, 3.8) is 0 Å². The van der Waals surface area contributed by atoms with Gasteiger partial charge in [0.25, 0.3) is 0 Å². The summed E-state index contributed by atoms with van der Waals surface area (Å²) >= 11 is 3.48. The van der Waals surface area contributed by atoms with Crippen molar-refractivity contribution in [1.82, 2.24) is 9.78 Å². The van der Waals surface area contributed by atoms with Gasteiger partial charge in [-0.05, 0) is 37.6 Å². The molecule has 2 rings (SSSR count). The van der Waals surface area contributed by atoms with E-state index in [0.717, 1.165) is 41.1 Å². The minimum Gasteiger partial charge on any atom is -0.495 e. The minimum atomic E-state index is 0.730. The van der Waals surface area contributed by atoms with Crippen molar-refractivity contribution in [3.8, 4) is 5.75 Å². The fourth-order valence-electron chi connectivity index (χ4n) is 2.11. The van der Waals surface area contributed by atoms with E-state index in [9.17, 15) is 0 Å². The van der Waals surface area contributed by atoms with E-state index in [2.05, 4.69) is 46.3 Å². The van der Waals surface area contributed by atoms with Gasteiger partial charge < -0.3 is 10.1 Å². The zero-order chi connectivity index (χ0) is 14.5. The molecule has 4 nitrogen and oxygen atoms in total. The third-order valence-corrected chi connectivity index (χ3v) is 3.69. The van der Waals surface area contributed by atoms with Crippen LogP contribution in [0.2, 0.25) is 0 Å². The van der Waals surface area contributed by atoms with E-state index in [4.69, 9.17) is 4.74 Å². The van der Waals surface area contributed by atoms with E-state index in [1.807, 2.05) is 22.9 Å². The number of nitrogens with one attached hydrogen (secondary N) is 1. The number of ether oxygens (including phenoxy) is 1. The molecule has 0 fully saturated rings. The molecule has 1 aromatic carbocycles. The van der Waals surface area contributed by atoms with Crippen molar-refractivity contribution >= 4 is 21.6 Å². The summed E-state index contributed by atoms with van der Waals surface area (Å²) in [6.07, 6.45) is 0.959. The van der Waals surface area contributed by atoms with Crippen molar-refractivity contribution in [1.29, 1.82) is 0 Å². The molecule has 0 spiro atoms. The van der Waals surface area contributed by atoms with Gasteiger partial charge in [-0.2, -0.15) is 5.10 Å². The van der Waals surface area contributed by atoms with Crippen molar-refractivity contribution in [2.75, 3.05) is 12.4 Å². The Kier molecular flexibility index (Phi) is 5.06. The van der Waals surface area contributed by atoms with Gasteiger partial charge in [0, 0.05) is 11.0 Å². The van der Waals surface area contributed by atoms with Gasteiger partial charge in [0.15, 0.2) is 0 Å². The smallest absolute Gasteiger partial charge is 0.142 e. The molecule has 0 radical (unpaired) electrons. The summed E-state index contributed by atoms with van der Waals surface area (Å²) in [5, 5.41) is 7.97. The van der Waals surface area contributed by atoms with E-state index < -0.39 is 0 Å². The molecule has 0 aliphatic rings. The Hall–Kier alpha value is -1.49. The first-order valence-corrected chi connectivity index (χ1v) is 7.60. The van der Waals surface area contributed by atoms with Crippen molar-refractivity contribution in [2.45, 2.75) is 33.4 Å². The van der Waals surface area contributed by atoms with Crippen LogP contribution in [0.15, 0.2) is 28.7 Å². The first kappa shape index (κ1) is 14.9. The number of hydrogen-bond acceptors (Lipinski definition) is 3. The second-order valence-corrected chi connectivity index (χ2v) is 5.41. The van der Waals surface area contributed by atoms with E-state index in [1.54, 1.807) is 7.11 Å². The lowest BCUT2D eigenvalue weighted by Crippen LogP contribution is -2.08. The molecular formula is C15H20BrN3O. The highest BCUT2D eigenvalue weighted by molar-refractivity contribution is 9.10. The zero-order valence-electron chi connectivity index (χ0n) is 12.1. The highest BCUT2D eigenvalue weighted by Gasteiger charge is 2.08. The fraction of sp³-hybridized carbons (Fsp3) is 0.400. The summed E-state index contributed by atoms with van der Waals surface area (Å²) in [6, 6.07) is 8.09. The SMILES string of the molecule is CCc1cc(CNc2cc(Br)ccc2OC)n(CC)n1. The first-order chi connectivity index (χ1) is 9.67. The molecule has 0 aliphatic carbocycles. The van der Waals surface area contributed by atoms with Crippen LogP contribution in [0.3, 0.4) is 0 Å². The minimum absolute atomic E-state index is 0.730. The number of aromatic nitrogens is 2. The summed E-state index contributed by atoms with van der Waals surface area (Å²) in [4.78, 5) is 0. The maximum atomic E-state index is 5.37. The maximum absolute atomic E-state index is 5.37. The second kappa shape index (κ2) is 6.79. The summed E-state index contributed by atoms with van der Waals surface area (Å²) in [5.41, 5.74) is 3.29. The number of rotatable bonds is 6. The van der Waals surface area contributed by atoms with Gasteiger partial charge in [-0.15, -0.1) is 0 Å². The third kappa shape index (κ3) is 3.33. The van der Waals surface area contributed by atoms with Crippen LogP contribution in [-0.2, 0) is 19.5 Å². The molecular weight excluding hydrogens is 318 g/mol. The third-order valence-electron chi connectivity index (χ3n) is 3.20. The second-order valence-electron chi connectivity index (χ2n) is 4.49. The van der Waals surface area contributed by atoms with Crippen molar-refractivity contribution < 1.29 is 4.74 Å². The zero-order valence-corrected chi connectivity index (χ0v) is 13.7. The predicted octanol–water partition coefficient (Wildman–Crippen LogP) is 3.85. The van der Waals surface area contributed by atoms with Crippen LogP contribution < -0.4 is 10.1 Å². The highest BCUT2D eigenvalue weighted by atomic mass is 79.9. The van der Waals surface area contributed by atoms with Gasteiger partial charge in [0.05, 0.1) is 30.7 Å². The Morgan fingerprint density at radius 1 is 1.30 bits per heavy atom. The number of aryl methyl sites for hydroxylation is 2. The lowest BCUT2D eigenvalue weighted by molar-refractivity contribution is 0.416. The topological polar surface area (TPSA) is 39.1 Å². The van der Waals surface area contributed by atoms with E-state index in [0.29, 0.717) is 0 Å². The van der Waals surface area contributed by atoms with Crippen LogP contribution in [0.4, 0.5) is 5.69 Å². The molecule has 2 aromatic rings. The largest absolute Gasteiger partial charge is 0.495 e. The summed E-state index contributed by atoms with van der Waals surface area (Å²) < 4.78 is 8.43. The molecule has 1 N–H and O–H groups in total. The van der Waals surface area contributed by atoms with Crippen LogP contribution in [-0.4, -0.2) is 16.9 Å². The van der Waals surface area contributed by atoms with Gasteiger partial charge in [0.2, 0.25) is 0 Å². The Bertz CT molecular complexity index is 580. The average molecular weight is 338 g/mol. The van der Waals surface area contributed by atoms with Crippen LogP contribution in [0.5, 0.6) is 5.75 Å². The normalized spacial score (nSPS) is 10.6. The molecule has 0 saturated carbocycles. The lowest BCUT2D eigenvalue weighted by atomic mass is 10.2. The first-order valence-electron chi connectivity index (χ1n) is 6.81. The van der Waals surface area contributed by atoms with Crippen molar-refractivity contribution in [3.05, 3.63) is 40.1 Å². The van der Waals surface area contributed by atoms with Crippen LogP contribution >= 0.6 is 15.9 Å². The molecule has 1 aromatic heterocycles. The van der Waals surface area contributed by atoms with E-state index >= 15 is 0 Å². The Balaban J connectivity index is 2.16. The average Bonchev–Trinajstić information content (AvgIpc) is 2.87. The van der Waals surface area contributed by atoms with Crippen LogP contribution in [0.25, 0.3) is 0 Å². The highest BCUT2D eigenvalue weighted by Crippen LogP contribution is 2.28. The molecule has 20 heavy (non-hydrogen) atoms. The number of halogens is 1. The number of methoxy groups -OCH3 is 1. The molecule has 0 atom stereocenters. The number of hydrogen-bond donors (Lipinski definition) is 1. The molecule has 1 heterocycles.